The minimum Gasteiger partial charge on any atom is -0.325 e. The highest BCUT2D eigenvalue weighted by Gasteiger charge is 2.16. The highest BCUT2D eigenvalue weighted by Crippen LogP contribution is 2.22. The summed E-state index contributed by atoms with van der Waals surface area (Å²) < 4.78 is 0. The first-order valence-electron chi connectivity index (χ1n) is 8.47. The van der Waals surface area contributed by atoms with Gasteiger partial charge in [-0.1, -0.05) is 0 Å². The molecule has 1 rings (SSSR count). The summed E-state index contributed by atoms with van der Waals surface area (Å²) in [6.45, 7) is 13.9. The Hall–Kier alpha value is -2.31. The number of anilines is 2. The van der Waals surface area contributed by atoms with Crippen molar-refractivity contribution in [3.63, 3.8) is 0 Å². The summed E-state index contributed by atoms with van der Waals surface area (Å²) in [5.41, 5.74) is 2.64. The molecule has 0 unspecified atom stereocenters. The molecule has 0 aliphatic heterocycles. The fourth-order valence-electron chi connectivity index (χ4n) is 2.39. The molecule has 0 atom stereocenters. The van der Waals surface area contributed by atoms with Crippen molar-refractivity contribution < 1.29 is 9.59 Å². The quantitative estimate of drug-likeness (QED) is 0.836. The second-order valence-electron chi connectivity index (χ2n) is 5.46. The summed E-state index contributed by atoms with van der Waals surface area (Å²) in [5, 5.41) is 5.74. The Morgan fingerprint density at radius 3 is 1.46 bits per heavy atom. The molecule has 0 saturated heterocycles. The standard InChI is InChI=1S/C17H29N5O2/c1-7-21(8-2)16(23)19-14-11-15(13(6)18-12(14)5)20-17(24)22(9-3)10-4/h11H,7-10H2,1-6H3,(H,19,23)(H,20,24). The zero-order chi connectivity index (χ0) is 18.3. The molecule has 0 fully saturated rings. The predicted octanol–water partition coefficient (Wildman–Crippen LogP) is 3.45. The van der Waals surface area contributed by atoms with Gasteiger partial charge in [0.25, 0.3) is 0 Å². The fraction of sp³-hybridized carbons (Fsp3) is 0.588. The Morgan fingerprint density at radius 2 is 1.17 bits per heavy atom. The van der Waals surface area contributed by atoms with E-state index in [2.05, 4.69) is 15.6 Å². The molecule has 7 nitrogen and oxygen atoms in total. The van der Waals surface area contributed by atoms with Crippen LogP contribution < -0.4 is 10.6 Å². The second-order valence-corrected chi connectivity index (χ2v) is 5.46. The molecule has 134 valence electrons. The largest absolute Gasteiger partial charge is 0.325 e. The third-order valence-corrected chi connectivity index (χ3v) is 3.99. The van der Waals surface area contributed by atoms with Crippen LogP contribution >= 0.6 is 0 Å². The lowest BCUT2D eigenvalue weighted by Crippen LogP contribution is -2.35. The number of nitrogens with zero attached hydrogens (tertiary/aromatic N) is 3. The molecule has 2 N–H and O–H groups in total. The van der Waals surface area contributed by atoms with Gasteiger partial charge in [-0.2, -0.15) is 0 Å². The maximum atomic E-state index is 12.2. The summed E-state index contributed by atoms with van der Waals surface area (Å²) >= 11 is 0. The van der Waals surface area contributed by atoms with Crippen LogP contribution in [0.5, 0.6) is 0 Å². The number of carbonyl (C=O) groups is 2. The van der Waals surface area contributed by atoms with Gasteiger partial charge in [0.2, 0.25) is 0 Å². The number of hydrogen-bond donors (Lipinski definition) is 2. The lowest BCUT2D eigenvalue weighted by Gasteiger charge is -2.22. The maximum absolute atomic E-state index is 12.2. The average molecular weight is 335 g/mol. The Labute approximate surface area is 144 Å². The molecule has 1 aromatic heterocycles. The fourth-order valence-corrected chi connectivity index (χ4v) is 2.39. The van der Waals surface area contributed by atoms with Crippen molar-refractivity contribution >= 4 is 23.4 Å². The zero-order valence-corrected chi connectivity index (χ0v) is 15.6. The van der Waals surface area contributed by atoms with E-state index in [0.29, 0.717) is 48.9 Å². The highest BCUT2D eigenvalue weighted by molar-refractivity contribution is 5.93. The summed E-state index contributed by atoms with van der Waals surface area (Å²) in [4.78, 5) is 32.3. The summed E-state index contributed by atoms with van der Waals surface area (Å²) in [5.74, 6) is 0. The van der Waals surface area contributed by atoms with Gasteiger partial charge in [0.05, 0.1) is 22.8 Å². The van der Waals surface area contributed by atoms with Crippen molar-refractivity contribution in [1.29, 1.82) is 0 Å². The van der Waals surface area contributed by atoms with Crippen molar-refractivity contribution in [1.82, 2.24) is 14.8 Å². The van der Waals surface area contributed by atoms with Crippen LogP contribution in [0.1, 0.15) is 39.1 Å². The molecule has 7 heteroatoms. The molecule has 0 saturated carbocycles. The van der Waals surface area contributed by atoms with Gasteiger partial charge in [-0.3, -0.25) is 4.98 Å². The third-order valence-electron chi connectivity index (χ3n) is 3.99. The lowest BCUT2D eigenvalue weighted by atomic mass is 10.2. The predicted molar refractivity (Wildman–Crippen MR) is 97.6 cm³/mol. The van der Waals surface area contributed by atoms with Crippen LogP contribution in [-0.4, -0.2) is 53.0 Å². The van der Waals surface area contributed by atoms with Gasteiger partial charge in [-0.15, -0.1) is 0 Å². The minimum atomic E-state index is -0.172. The number of urea groups is 2. The number of amides is 4. The van der Waals surface area contributed by atoms with Crippen molar-refractivity contribution in [3.05, 3.63) is 17.5 Å². The van der Waals surface area contributed by atoms with Gasteiger partial charge >= 0.3 is 12.1 Å². The number of pyridine rings is 1. The van der Waals surface area contributed by atoms with Crippen LogP contribution in [-0.2, 0) is 0 Å². The van der Waals surface area contributed by atoms with Gasteiger partial charge in [-0.25, -0.2) is 9.59 Å². The van der Waals surface area contributed by atoms with E-state index in [0.717, 1.165) is 0 Å². The van der Waals surface area contributed by atoms with Gasteiger partial charge in [0, 0.05) is 26.2 Å². The smallest absolute Gasteiger partial charge is 0.321 e. The first kappa shape index (κ1) is 19.7. The second kappa shape index (κ2) is 9.10. The Bertz CT molecular complexity index is 533. The molecule has 1 heterocycles. The van der Waals surface area contributed by atoms with Crippen molar-refractivity contribution in [2.24, 2.45) is 0 Å². The first-order valence-corrected chi connectivity index (χ1v) is 8.47. The Morgan fingerprint density at radius 1 is 0.833 bits per heavy atom. The molecule has 0 aliphatic rings. The molecule has 4 amide bonds. The maximum Gasteiger partial charge on any atom is 0.321 e. The molecular weight excluding hydrogens is 306 g/mol. The molecule has 24 heavy (non-hydrogen) atoms. The van der Waals surface area contributed by atoms with E-state index < -0.39 is 0 Å². The SMILES string of the molecule is CCN(CC)C(=O)Nc1cc(NC(=O)N(CC)CC)c(C)nc1C. The van der Waals surface area contributed by atoms with E-state index in [9.17, 15) is 9.59 Å². The van der Waals surface area contributed by atoms with E-state index in [1.165, 1.54) is 0 Å². The first-order chi connectivity index (χ1) is 11.4. The highest BCUT2D eigenvalue weighted by atomic mass is 16.2. The van der Waals surface area contributed by atoms with Crippen molar-refractivity contribution in [2.75, 3.05) is 36.8 Å². The van der Waals surface area contributed by atoms with Crippen LogP contribution in [0.2, 0.25) is 0 Å². The van der Waals surface area contributed by atoms with Crippen LogP contribution in [0.4, 0.5) is 21.0 Å². The molecule has 0 aliphatic carbocycles. The van der Waals surface area contributed by atoms with E-state index >= 15 is 0 Å². The number of hydrogen-bond acceptors (Lipinski definition) is 3. The van der Waals surface area contributed by atoms with Gasteiger partial charge in [-0.05, 0) is 47.6 Å². The minimum absolute atomic E-state index is 0.172. The Balaban J connectivity index is 3.00. The average Bonchev–Trinajstić information content (AvgIpc) is 2.54. The normalized spacial score (nSPS) is 10.2. The Kier molecular flexibility index (Phi) is 7.48. The number of aryl methyl sites for hydroxylation is 2. The van der Waals surface area contributed by atoms with E-state index in [1.54, 1.807) is 15.9 Å². The van der Waals surface area contributed by atoms with Gasteiger partial charge in [0.15, 0.2) is 0 Å². The van der Waals surface area contributed by atoms with E-state index in [-0.39, 0.29) is 12.1 Å². The number of carbonyl (C=O) groups excluding carboxylic acids is 2. The van der Waals surface area contributed by atoms with E-state index in [1.807, 2.05) is 41.5 Å². The zero-order valence-electron chi connectivity index (χ0n) is 15.6. The monoisotopic (exact) mass is 335 g/mol. The number of nitrogens with one attached hydrogen (secondary N) is 2. The summed E-state index contributed by atoms with van der Waals surface area (Å²) in [6.07, 6.45) is 0. The molecule has 0 bridgehead atoms. The topological polar surface area (TPSA) is 77.6 Å². The number of rotatable bonds is 6. The van der Waals surface area contributed by atoms with Gasteiger partial charge < -0.3 is 20.4 Å². The third kappa shape index (κ3) is 4.84. The van der Waals surface area contributed by atoms with Crippen LogP contribution in [0.15, 0.2) is 6.07 Å². The molecule has 0 aromatic carbocycles. The summed E-state index contributed by atoms with van der Waals surface area (Å²) in [6, 6.07) is 1.42. The van der Waals surface area contributed by atoms with Crippen molar-refractivity contribution in [2.45, 2.75) is 41.5 Å². The summed E-state index contributed by atoms with van der Waals surface area (Å²) in [7, 11) is 0. The van der Waals surface area contributed by atoms with Crippen LogP contribution in [0.25, 0.3) is 0 Å². The van der Waals surface area contributed by atoms with Crippen molar-refractivity contribution in [3.8, 4) is 0 Å². The van der Waals surface area contributed by atoms with Crippen LogP contribution in [0, 0.1) is 13.8 Å². The van der Waals surface area contributed by atoms with Crippen LogP contribution in [0.3, 0.4) is 0 Å². The van der Waals surface area contributed by atoms with Gasteiger partial charge in [0.1, 0.15) is 0 Å². The molecule has 0 spiro atoms. The molecule has 0 radical (unpaired) electrons. The lowest BCUT2D eigenvalue weighted by molar-refractivity contribution is 0.216. The molecular formula is C17H29N5O2. The number of aromatic nitrogens is 1. The molecule has 1 aromatic rings. The van der Waals surface area contributed by atoms with E-state index in [4.69, 9.17) is 0 Å².